The average molecular weight is 272 g/mol. The second-order valence-corrected chi connectivity index (χ2v) is 4.76. The Hall–Kier alpha value is -2.36. The summed E-state index contributed by atoms with van der Waals surface area (Å²) in [5, 5.41) is 9.10. The molecule has 2 aromatic rings. The molecule has 0 fully saturated rings. The first-order valence-electron chi connectivity index (χ1n) is 6.43. The van der Waals surface area contributed by atoms with Crippen LogP contribution in [-0.4, -0.2) is 11.1 Å². The van der Waals surface area contributed by atoms with Gasteiger partial charge < -0.3 is 9.84 Å². The molecule has 3 nitrogen and oxygen atoms in total. The van der Waals surface area contributed by atoms with Crippen LogP contribution in [0.25, 0.3) is 0 Å². The molecule has 3 rings (SSSR count). The van der Waals surface area contributed by atoms with E-state index < -0.39 is 17.3 Å². The zero-order chi connectivity index (χ0) is 14.1. The standard InChI is InChI=1S/C16H13FO3/c17-12-6-3-7-14(15(12)16(18)19)20-13-9-8-10-4-1-2-5-11(10)13/h1-7,13H,8-9H2,(H,18,19). The topological polar surface area (TPSA) is 46.5 Å². The first-order valence-corrected chi connectivity index (χ1v) is 6.43. The molecule has 0 saturated carbocycles. The summed E-state index contributed by atoms with van der Waals surface area (Å²) >= 11 is 0. The molecule has 0 bridgehead atoms. The Labute approximate surface area is 115 Å². The molecule has 1 unspecified atom stereocenters. The number of halogens is 1. The van der Waals surface area contributed by atoms with Gasteiger partial charge >= 0.3 is 5.97 Å². The van der Waals surface area contributed by atoms with Crippen molar-refractivity contribution < 1.29 is 19.0 Å². The highest BCUT2D eigenvalue weighted by atomic mass is 19.1. The first kappa shape index (κ1) is 12.7. The molecular weight excluding hydrogens is 259 g/mol. The van der Waals surface area contributed by atoms with Crippen LogP contribution in [0.2, 0.25) is 0 Å². The minimum atomic E-state index is -1.32. The number of rotatable bonds is 3. The third-order valence-electron chi connectivity index (χ3n) is 3.54. The fourth-order valence-electron chi connectivity index (χ4n) is 2.60. The molecule has 0 spiro atoms. The monoisotopic (exact) mass is 272 g/mol. The van der Waals surface area contributed by atoms with Crippen molar-refractivity contribution in [1.29, 1.82) is 0 Å². The van der Waals surface area contributed by atoms with Crippen molar-refractivity contribution in [3.63, 3.8) is 0 Å². The molecule has 1 aliphatic rings. The summed E-state index contributed by atoms with van der Waals surface area (Å²) in [6, 6.07) is 12.0. The fraction of sp³-hybridized carbons (Fsp3) is 0.188. The SMILES string of the molecule is O=C(O)c1c(F)cccc1OC1CCc2ccccc21. The van der Waals surface area contributed by atoms with Crippen LogP contribution in [0.4, 0.5) is 4.39 Å². The van der Waals surface area contributed by atoms with Crippen LogP contribution >= 0.6 is 0 Å². The maximum Gasteiger partial charge on any atom is 0.342 e. The number of benzene rings is 2. The van der Waals surface area contributed by atoms with Crippen molar-refractivity contribution in [2.24, 2.45) is 0 Å². The van der Waals surface area contributed by atoms with E-state index in [2.05, 4.69) is 0 Å². The van der Waals surface area contributed by atoms with E-state index in [0.717, 1.165) is 24.5 Å². The smallest absolute Gasteiger partial charge is 0.342 e. The predicted molar refractivity (Wildman–Crippen MR) is 71.5 cm³/mol. The number of carbonyl (C=O) groups is 1. The van der Waals surface area contributed by atoms with Crippen LogP contribution in [0.1, 0.15) is 34.0 Å². The lowest BCUT2D eigenvalue weighted by Gasteiger charge is -2.16. The fourth-order valence-corrected chi connectivity index (χ4v) is 2.60. The summed E-state index contributed by atoms with van der Waals surface area (Å²) in [7, 11) is 0. The second-order valence-electron chi connectivity index (χ2n) is 4.76. The van der Waals surface area contributed by atoms with Crippen LogP contribution < -0.4 is 4.74 Å². The van der Waals surface area contributed by atoms with Gasteiger partial charge in [0.2, 0.25) is 0 Å². The van der Waals surface area contributed by atoms with E-state index in [-0.39, 0.29) is 11.9 Å². The maximum atomic E-state index is 13.6. The number of hydrogen-bond donors (Lipinski definition) is 1. The van der Waals surface area contributed by atoms with E-state index in [1.165, 1.54) is 17.7 Å². The minimum absolute atomic E-state index is 0.0826. The molecule has 0 aliphatic heterocycles. The molecule has 0 amide bonds. The van der Waals surface area contributed by atoms with Gasteiger partial charge in [0, 0.05) is 0 Å². The van der Waals surface area contributed by atoms with E-state index in [1.54, 1.807) is 0 Å². The van der Waals surface area contributed by atoms with E-state index in [4.69, 9.17) is 9.84 Å². The molecule has 2 aromatic carbocycles. The normalized spacial score (nSPS) is 16.8. The van der Waals surface area contributed by atoms with Gasteiger partial charge in [-0.2, -0.15) is 0 Å². The van der Waals surface area contributed by atoms with E-state index in [1.807, 2.05) is 24.3 Å². The van der Waals surface area contributed by atoms with Crippen LogP contribution in [0.15, 0.2) is 42.5 Å². The lowest BCUT2D eigenvalue weighted by molar-refractivity contribution is 0.0683. The summed E-state index contributed by atoms with van der Waals surface area (Å²) in [5.41, 5.74) is 1.84. The van der Waals surface area contributed by atoms with Gasteiger partial charge in [0.15, 0.2) is 0 Å². The van der Waals surface area contributed by atoms with E-state index >= 15 is 0 Å². The molecule has 1 atom stereocenters. The lowest BCUT2D eigenvalue weighted by atomic mass is 10.1. The molecular formula is C16H13FO3. The van der Waals surface area contributed by atoms with Crippen molar-refractivity contribution in [3.8, 4) is 5.75 Å². The number of fused-ring (bicyclic) bond motifs is 1. The molecule has 20 heavy (non-hydrogen) atoms. The van der Waals surface area contributed by atoms with Crippen molar-refractivity contribution in [2.75, 3.05) is 0 Å². The Morgan fingerprint density at radius 3 is 2.80 bits per heavy atom. The molecule has 0 heterocycles. The zero-order valence-electron chi connectivity index (χ0n) is 10.7. The largest absolute Gasteiger partial charge is 0.485 e. The van der Waals surface area contributed by atoms with Crippen molar-refractivity contribution >= 4 is 5.97 Å². The summed E-state index contributed by atoms with van der Waals surface area (Å²) in [4.78, 5) is 11.1. The van der Waals surface area contributed by atoms with Gasteiger partial charge in [-0.15, -0.1) is 0 Å². The molecule has 1 N–H and O–H groups in total. The van der Waals surface area contributed by atoms with Crippen LogP contribution in [-0.2, 0) is 6.42 Å². The van der Waals surface area contributed by atoms with Crippen molar-refractivity contribution in [1.82, 2.24) is 0 Å². The Balaban J connectivity index is 1.94. The molecule has 4 heteroatoms. The lowest BCUT2D eigenvalue weighted by Crippen LogP contribution is -2.09. The maximum absolute atomic E-state index is 13.6. The van der Waals surface area contributed by atoms with Gasteiger partial charge in [-0.3, -0.25) is 0 Å². The van der Waals surface area contributed by atoms with Crippen molar-refractivity contribution in [3.05, 3.63) is 65.0 Å². The first-order chi connectivity index (χ1) is 9.66. The number of carboxylic acid groups (broad SMARTS) is 1. The minimum Gasteiger partial charge on any atom is -0.485 e. The third kappa shape index (κ3) is 2.13. The van der Waals surface area contributed by atoms with Gasteiger partial charge in [-0.05, 0) is 36.1 Å². The predicted octanol–water partition coefficient (Wildman–Crippen LogP) is 3.59. The third-order valence-corrected chi connectivity index (χ3v) is 3.54. The molecule has 0 radical (unpaired) electrons. The summed E-state index contributed by atoms with van der Waals surface area (Å²) in [6.07, 6.45) is 1.44. The van der Waals surface area contributed by atoms with Crippen LogP contribution in [0, 0.1) is 5.82 Å². The Morgan fingerprint density at radius 2 is 2.00 bits per heavy atom. The molecule has 0 saturated heterocycles. The number of aromatic carboxylic acids is 1. The second kappa shape index (κ2) is 4.96. The highest BCUT2D eigenvalue weighted by molar-refractivity contribution is 5.91. The summed E-state index contributed by atoms with van der Waals surface area (Å²) in [6.45, 7) is 0. The van der Waals surface area contributed by atoms with Gasteiger partial charge in [0.1, 0.15) is 23.2 Å². The quantitative estimate of drug-likeness (QED) is 0.928. The molecule has 0 aromatic heterocycles. The van der Waals surface area contributed by atoms with E-state index in [0.29, 0.717) is 0 Å². The molecule has 1 aliphatic carbocycles. The number of aryl methyl sites for hydroxylation is 1. The van der Waals surface area contributed by atoms with Gasteiger partial charge in [-0.1, -0.05) is 30.3 Å². The highest BCUT2D eigenvalue weighted by Gasteiger charge is 2.26. The van der Waals surface area contributed by atoms with E-state index in [9.17, 15) is 9.18 Å². The van der Waals surface area contributed by atoms with Gasteiger partial charge in [-0.25, -0.2) is 9.18 Å². The number of carboxylic acids is 1. The number of ether oxygens (including phenoxy) is 1. The van der Waals surface area contributed by atoms with Gasteiger partial charge in [0.25, 0.3) is 0 Å². The zero-order valence-corrected chi connectivity index (χ0v) is 10.7. The average Bonchev–Trinajstić information content (AvgIpc) is 2.82. The number of hydrogen-bond acceptors (Lipinski definition) is 2. The van der Waals surface area contributed by atoms with Crippen molar-refractivity contribution in [2.45, 2.75) is 18.9 Å². The van der Waals surface area contributed by atoms with Crippen LogP contribution in [0.3, 0.4) is 0 Å². The Morgan fingerprint density at radius 1 is 1.20 bits per heavy atom. The summed E-state index contributed by atoms with van der Waals surface area (Å²) in [5.74, 6) is -2.01. The highest BCUT2D eigenvalue weighted by Crippen LogP contribution is 2.36. The van der Waals surface area contributed by atoms with Gasteiger partial charge in [0.05, 0.1) is 0 Å². The Kier molecular flexibility index (Phi) is 3.14. The Bertz CT molecular complexity index is 667. The van der Waals surface area contributed by atoms with Crippen LogP contribution in [0.5, 0.6) is 5.75 Å². The summed E-state index contributed by atoms with van der Waals surface area (Å²) < 4.78 is 19.4. The molecule has 102 valence electrons.